The third-order valence-electron chi connectivity index (χ3n) is 4.00. The number of fused-ring (bicyclic) bond motifs is 1. The normalized spacial score (nSPS) is 12.8. The van der Waals surface area contributed by atoms with Crippen molar-refractivity contribution in [3.8, 4) is 23.0 Å². The van der Waals surface area contributed by atoms with Crippen molar-refractivity contribution in [1.29, 1.82) is 0 Å². The lowest BCUT2D eigenvalue weighted by Crippen LogP contribution is -2.36. The third-order valence-corrected chi connectivity index (χ3v) is 4.00. The summed E-state index contributed by atoms with van der Waals surface area (Å²) in [6, 6.07) is 12.2. The number of methoxy groups -OCH3 is 1. The molecule has 3 rings (SSSR count). The van der Waals surface area contributed by atoms with Gasteiger partial charge in [-0.3, -0.25) is 4.79 Å². The molecule has 0 aliphatic carbocycles. The van der Waals surface area contributed by atoms with Crippen molar-refractivity contribution in [2.24, 2.45) is 0 Å². The lowest BCUT2D eigenvalue weighted by molar-refractivity contribution is -0.156. The van der Waals surface area contributed by atoms with Gasteiger partial charge in [0.05, 0.1) is 7.11 Å². The summed E-state index contributed by atoms with van der Waals surface area (Å²) >= 11 is 0. The van der Waals surface area contributed by atoms with Crippen LogP contribution >= 0.6 is 0 Å². The molecule has 0 saturated heterocycles. The van der Waals surface area contributed by atoms with Crippen LogP contribution in [0.25, 0.3) is 0 Å². The van der Waals surface area contributed by atoms with Gasteiger partial charge in [0, 0.05) is 6.54 Å². The van der Waals surface area contributed by atoms with Crippen molar-refractivity contribution >= 4 is 11.9 Å². The van der Waals surface area contributed by atoms with Crippen LogP contribution in [0.1, 0.15) is 12.5 Å². The van der Waals surface area contributed by atoms with Gasteiger partial charge in [-0.1, -0.05) is 6.07 Å². The predicted octanol–water partition coefficient (Wildman–Crippen LogP) is 2.05. The lowest BCUT2D eigenvalue weighted by Gasteiger charge is -2.14. The molecule has 148 valence electrons. The van der Waals surface area contributed by atoms with Crippen molar-refractivity contribution in [1.82, 2.24) is 5.32 Å². The van der Waals surface area contributed by atoms with Crippen LogP contribution in [-0.4, -0.2) is 38.5 Å². The molecule has 0 spiro atoms. The average Bonchev–Trinajstić information content (AvgIpc) is 3.18. The third kappa shape index (κ3) is 5.06. The molecule has 1 aliphatic heterocycles. The van der Waals surface area contributed by atoms with E-state index in [1.165, 1.54) is 6.92 Å². The van der Waals surface area contributed by atoms with Crippen LogP contribution in [0.3, 0.4) is 0 Å². The van der Waals surface area contributed by atoms with Gasteiger partial charge in [0.15, 0.2) is 24.2 Å². The van der Waals surface area contributed by atoms with Crippen molar-refractivity contribution in [3.05, 3.63) is 48.0 Å². The molecule has 8 nitrogen and oxygen atoms in total. The number of esters is 1. The SMILES string of the molecule is COc1ccc(OCC(=O)O[C@@H](C)C(=O)NCc2ccc3c(c2)OCO3)cc1. The fourth-order valence-corrected chi connectivity index (χ4v) is 2.48. The fraction of sp³-hybridized carbons (Fsp3) is 0.300. The van der Waals surface area contributed by atoms with Crippen LogP contribution in [0.5, 0.6) is 23.0 Å². The molecule has 2 aromatic rings. The molecule has 1 N–H and O–H groups in total. The minimum atomic E-state index is -0.944. The Labute approximate surface area is 162 Å². The number of rotatable bonds is 8. The van der Waals surface area contributed by atoms with E-state index in [-0.39, 0.29) is 19.9 Å². The molecule has 0 radical (unpaired) electrons. The van der Waals surface area contributed by atoms with E-state index in [9.17, 15) is 9.59 Å². The summed E-state index contributed by atoms with van der Waals surface area (Å²) in [5.41, 5.74) is 0.846. The zero-order chi connectivity index (χ0) is 19.9. The number of benzene rings is 2. The Bertz CT molecular complexity index is 835. The van der Waals surface area contributed by atoms with Gasteiger partial charge in [0.1, 0.15) is 11.5 Å². The van der Waals surface area contributed by atoms with Gasteiger partial charge in [-0.05, 0) is 48.9 Å². The highest BCUT2D eigenvalue weighted by atomic mass is 16.7. The van der Waals surface area contributed by atoms with E-state index in [1.807, 2.05) is 6.07 Å². The zero-order valence-electron chi connectivity index (χ0n) is 15.6. The van der Waals surface area contributed by atoms with Crippen LogP contribution in [0.2, 0.25) is 0 Å². The molecule has 0 saturated carbocycles. The van der Waals surface area contributed by atoms with E-state index in [2.05, 4.69) is 5.32 Å². The van der Waals surface area contributed by atoms with Crippen molar-refractivity contribution in [2.75, 3.05) is 20.5 Å². The summed E-state index contributed by atoms with van der Waals surface area (Å²) < 4.78 is 26.0. The molecule has 0 unspecified atom stereocenters. The topological polar surface area (TPSA) is 92.3 Å². The van der Waals surface area contributed by atoms with E-state index >= 15 is 0 Å². The second kappa shape index (κ2) is 8.98. The Kier molecular flexibility index (Phi) is 6.21. The van der Waals surface area contributed by atoms with Crippen LogP contribution in [0.4, 0.5) is 0 Å². The highest BCUT2D eigenvalue weighted by molar-refractivity contribution is 5.83. The number of amides is 1. The van der Waals surface area contributed by atoms with E-state index < -0.39 is 18.0 Å². The summed E-state index contributed by atoms with van der Waals surface area (Å²) in [7, 11) is 1.56. The highest BCUT2D eigenvalue weighted by Crippen LogP contribution is 2.32. The molecular formula is C20H21NO7. The molecule has 8 heteroatoms. The standard InChI is InChI=1S/C20H21NO7/c1-13(28-19(22)11-25-16-6-4-15(24-2)5-7-16)20(23)21-10-14-3-8-17-18(9-14)27-12-26-17/h3-9,13H,10-12H2,1-2H3,(H,21,23)/t13-/m0/s1. The van der Waals surface area contributed by atoms with Gasteiger partial charge in [-0.25, -0.2) is 4.79 Å². The second-order valence-corrected chi connectivity index (χ2v) is 6.00. The quantitative estimate of drug-likeness (QED) is 0.693. The largest absolute Gasteiger partial charge is 0.497 e. The summed E-state index contributed by atoms with van der Waals surface area (Å²) in [4.78, 5) is 24.0. The van der Waals surface area contributed by atoms with Crippen molar-refractivity contribution in [2.45, 2.75) is 19.6 Å². The Morgan fingerprint density at radius 1 is 1.07 bits per heavy atom. The summed E-state index contributed by atoms with van der Waals surface area (Å²) in [5, 5.41) is 2.71. The summed E-state index contributed by atoms with van der Waals surface area (Å²) in [6.45, 7) is 1.67. The molecule has 2 aromatic carbocycles. The van der Waals surface area contributed by atoms with Crippen LogP contribution < -0.4 is 24.3 Å². The number of hydrogen-bond donors (Lipinski definition) is 1. The van der Waals surface area contributed by atoms with E-state index in [0.29, 0.717) is 23.0 Å². The van der Waals surface area contributed by atoms with Crippen LogP contribution in [-0.2, 0) is 20.9 Å². The molecule has 28 heavy (non-hydrogen) atoms. The Balaban J connectivity index is 1.41. The second-order valence-electron chi connectivity index (χ2n) is 6.00. The highest BCUT2D eigenvalue weighted by Gasteiger charge is 2.19. The van der Waals surface area contributed by atoms with Gasteiger partial charge >= 0.3 is 5.97 Å². The van der Waals surface area contributed by atoms with E-state index in [0.717, 1.165) is 5.56 Å². The van der Waals surface area contributed by atoms with Crippen molar-refractivity contribution < 1.29 is 33.3 Å². The first-order valence-electron chi connectivity index (χ1n) is 8.67. The molecule has 1 amide bonds. The maximum atomic E-state index is 12.1. The first-order chi connectivity index (χ1) is 13.5. The maximum Gasteiger partial charge on any atom is 0.344 e. The molecule has 1 heterocycles. The number of carbonyl (C=O) groups excluding carboxylic acids is 2. The summed E-state index contributed by atoms with van der Waals surface area (Å²) in [5.74, 6) is 1.45. The molecule has 0 fully saturated rings. The van der Waals surface area contributed by atoms with E-state index in [4.69, 9.17) is 23.7 Å². The number of ether oxygens (including phenoxy) is 5. The smallest absolute Gasteiger partial charge is 0.344 e. The lowest BCUT2D eigenvalue weighted by atomic mass is 10.2. The minimum absolute atomic E-state index is 0.191. The number of carbonyl (C=O) groups is 2. The Morgan fingerprint density at radius 3 is 2.54 bits per heavy atom. The number of hydrogen-bond acceptors (Lipinski definition) is 7. The van der Waals surface area contributed by atoms with Crippen LogP contribution in [0, 0.1) is 0 Å². The Morgan fingerprint density at radius 2 is 1.79 bits per heavy atom. The van der Waals surface area contributed by atoms with Gasteiger partial charge < -0.3 is 29.0 Å². The molecule has 0 aromatic heterocycles. The van der Waals surface area contributed by atoms with Gasteiger partial charge in [-0.15, -0.1) is 0 Å². The first-order valence-corrected chi connectivity index (χ1v) is 8.67. The van der Waals surface area contributed by atoms with Crippen molar-refractivity contribution in [3.63, 3.8) is 0 Å². The van der Waals surface area contributed by atoms with Gasteiger partial charge in [-0.2, -0.15) is 0 Å². The number of nitrogens with one attached hydrogen (secondary N) is 1. The predicted molar refractivity (Wildman–Crippen MR) is 98.5 cm³/mol. The zero-order valence-corrected chi connectivity index (χ0v) is 15.6. The molecule has 0 bridgehead atoms. The molecule has 1 atom stereocenters. The van der Waals surface area contributed by atoms with Gasteiger partial charge in [0.2, 0.25) is 6.79 Å². The minimum Gasteiger partial charge on any atom is -0.497 e. The average molecular weight is 387 g/mol. The maximum absolute atomic E-state index is 12.1. The fourth-order valence-electron chi connectivity index (χ4n) is 2.48. The molecule has 1 aliphatic rings. The monoisotopic (exact) mass is 387 g/mol. The Hall–Kier alpha value is -3.42. The summed E-state index contributed by atoms with van der Waals surface area (Å²) in [6.07, 6.45) is -0.944. The first kappa shape index (κ1) is 19.3. The van der Waals surface area contributed by atoms with Gasteiger partial charge in [0.25, 0.3) is 5.91 Å². The van der Waals surface area contributed by atoms with E-state index in [1.54, 1.807) is 43.5 Å². The van der Waals surface area contributed by atoms with Crippen LogP contribution in [0.15, 0.2) is 42.5 Å². The molecular weight excluding hydrogens is 366 g/mol.